The molecule has 1 fully saturated rings. The van der Waals surface area contributed by atoms with Gasteiger partial charge in [0, 0.05) is 19.4 Å². The number of carbonyl (C=O) groups excluding carboxylic acids is 2. The van der Waals surface area contributed by atoms with Crippen LogP contribution >= 0.6 is 0 Å². The number of likely N-dealkylation sites (tertiary alicyclic amines) is 1. The van der Waals surface area contributed by atoms with Crippen LogP contribution in [0, 0.1) is 0 Å². The lowest BCUT2D eigenvalue weighted by Crippen LogP contribution is -2.49. The number of hydrazine groups is 1. The Bertz CT molecular complexity index is 346. The zero-order valence-electron chi connectivity index (χ0n) is 11.1. The maximum absolute atomic E-state index is 11.6. The molecular weight excluding hydrogens is 250 g/mol. The summed E-state index contributed by atoms with van der Waals surface area (Å²) in [6.45, 7) is 2.29. The molecule has 1 rings (SSSR count). The van der Waals surface area contributed by atoms with Crippen LogP contribution in [0.5, 0.6) is 0 Å². The molecule has 2 amide bonds. The van der Waals surface area contributed by atoms with E-state index in [0.717, 1.165) is 25.8 Å². The number of hydrogen-bond acceptors (Lipinski definition) is 4. The summed E-state index contributed by atoms with van der Waals surface area (Å²) in [6.07, 6.45) is 3.67. The Balaban J connectivity index is 2.40. The zero-order valence-corrected chi connectivity index (χ0v) is 11.1. The van der Waals surface area contributed by atoms with Crippen LogP contribution in [-0.4, -0.2) is 46.9 Å². The van der Waals surface area contributed by atoms with Crippen molar-refractivity contribution in [3.05, 3.63) is 0 Å². The molecule has 0 radical (unpaired) electrons. The third-order valence-corrected chi connectivity index (χ3v) is 3.17. The largest absolute Gasteiger partial charge is 0.481 e. The molecule has 1 heterocycles. The third-order valence-electron chi connectivity index (χ3n) is 3.17. The number of aliphatic carboxylic acids is 1. The first-order valence-corrected chi connectivity index (χ1v) is 6.50. The summed E-state index contributed by atoms with van der Waals surface area (Å²) >= 11 is 0. The van der Waals surface area contributed by atoms with Crippen molar-refractivity contribution in [2.75, 3.05) is 13.1 Å². The van der Waals surface area contributed by atoms with Crippen molar-refractivity contribution in [1.82, 2.24) is 15.8 Å². The lowest BCUT2D eigenvalue weighted by Gasteiger charge is -2.34. The van der Waals surface area contributed by atoms with Crippen LogP contribution in [0.3, 0.4) is 0 Å². The quantitative estimate of drug-likeness (QED) is 0.605. The average Bonchev–Trinajstić information content (AvgIpc) is 2.35. The van der Waals surface area contributed by atoms with Gasteiger partial charge in [-0.25, -0.2) is 0 Å². The van der Waals surface area contributed by atoms with Crippen LogP contribution in [0.2, 0.25) is 0 Å². The van der Waals surface area contributed by atoms with E-state index in [4.69, 9.17) is 5.11 Å². The topological polar surface area (TPSA) is 98.7 Å². The van der Waals surface area contributed by atoms with Crippen LogP contribution < -0.4 is 10.9 Å². The molecule has 0 aromatic carbocycles. The van der Waals surface area contributed by atoms with Crippen molar-refractivity contribution in [3.63, 3.8) is 0 Å². The van der Waals surface area contributed by atoms with E-state index in [1.807, 2.05) is 4.90 Å². The van der Waals surface area contributed by atoms with Gasteiger partial charge < -0.3 is 5.11 Å². The van der Waals surface area contributed by atoms with Crippen LogP contribution in [0.25, 0.3) is 0 Å². The molecule has 0 aromatic heterocycles. The van der Waals surface area contributed by atoms with Crippen LogP contribution in [0.15, 0.2) is 0 Å². The van der Waals surface area contributed by atoms with Crippen molar-refractivity contribution >= 4 is 17.8 Å². The second-order valence-electron chi connectivity index (χ2n) is 4.78. The van der Waals surface area contributed by atoms with E-state index in [0.29, 0.717) is 6.42 Å². The number of piperidine rings is 1. The van der Waals surface area contributed by atoms with Crippen molar-refractivity contribution in [2.45, 2.75) is 45.1 Å². The molecule has 108 valence electrons. The van der Waals surface area contributed by atoms with Gasteiger partial charge >= 0.3 is 5.97 Å². The molecule has 3 N–H and O–H groups in total. The Morgan fingerprint density at radius 1 is 1.26 bits per heavy atom. The molecule has 7 nitrogen and oxygen atoms in total. The minimum absolute atomic E-state index is 0.120. The summed E-state index contributed by atoms with van der Waals surface area (Å²) in [4.78, 5) is 34.9. The SMILES string of the molecule is CC(=O)NNC(=O)CN1CCCCC1CCC(=O)O. The van der Waals surface area contributed by atoms with Gasteiger partial charge in [0.2, 0.25) is 5.91 Å². The smallest absolute Gasteiger partial charge is 0.303 e. The molecule has 1 aliphatic rings. The number of hydrogen-bond donors (Lipinski definition) is 3. The van der Waals surface area contributed by atoms with Crippen LogP contribution in [-0.2, 0) is 14.4 Å². The van der Waals surface area contributed by atoms with Gasteiger partial charge in [-0.2, -0.15) is 0 Å². The van der Waals surface area contributed by atoms with E-state index >= 15 is 0 Å². The molecule has 19 heavy (non-hydrogen) atoms. The molecule has 0 aliphatic carbocycles. The van der Waals surface area contributed by atoms with E-state index in [1.165, 1.54) is 6.92 Å². The fourth-order valence-corrected chi connectivity index (χ4v) is 2.27. The van der Waals surface area contributed by atoms with E-state index < -0.39 is 5.97 Å². The van der Waals surface area contributed by atoms with Gasteiger partial charge in [-0.1, -0.05) is 6.42 Å². The van der Waals surface area contributed by atoms with E-state index in [9.17, 15) is 14.4 Å². The highest BCUT2D eigenvalue weighted by molar-refractivity contribution is 5.82. The summed E-state index contributed by atoms with van der Waals surface area (Å²) in [5, 5.41) is 8.71. The minimum Gasteiger partial charge on any atom is -0.481 e. The number of amides is 2. The first kappa shape index (κ1) is 15.4. The van der Waals surface area contributed by atoms with E-state index in [2.05, 4.69) is 10.9 Å². The Hall–Kier alpha value is -1.63. The summed E-state index contributed by atoms with van der Waals surface area (Å²) in [5.74, 6) is -1.42. The summed E-state index contributed by atoms with van der Waals surface area (Å²) in [7, 11) is 0. The standard InChI is InChI=1S/C12H21N3O4/c1-9(16)13-14-11(17)8-15-7-3-2-4-10(15)5-6-12(18)19/h10H,2-8H2,1H3,(H,13,16)(H,14,17)(H,18,19). The number of carboxylic acid groups (broad SMARTS) is 1. The number of carboxylic acids is 1. The van der Waals surface area contributed by atoms with Gasteiger partial charge in [-0.3, -0.25) is 30.1 Å². The Labute approximate surface area is 112 Å². The third kappa shape index (κ3) is 6.19. The molecular formula is C12H21N3O4. The molecule has 0 aromatic rings. The Morgan fingerprint density at radius 3 is 2.63 bits per heavy atom. The fraction of sp³-hybridized carbons (Fsp3) is 0.750. The highest BCUT2D eigenvalue weighted by Crippen LogP contribution is 2.20. The van der Waals surface area contributed by atoms with E-state index in [1.54, 1.807) is 0 Å². The summed E-state index contributed by atoms with van der Waals surface area (Å²) < 4.78 is 0. The van der Waals surface area contributed by atoms with Crippen molar-refractivity contribution in [3.8, 4) is 0 Å². The lowest BCUT2D eigenvalue weighted by atomic mass is 9.98. The second-order valence-corrected chi connectivity index (χ2v) is 4.78. The number of nitrogens with zero attached hydrogens (tertiary/aromatic N) is 1. The first-order chi connectivity index (χ1) is 8.99. The molecule has 1 unspecified atom stereocenters. The van der Waals surface area contributed by atoms with Crippen LogP contribution in [0.1, 0.15) is 39.0 Å². The Morgan fingerprint density at radius 2 is 2.00 bits per heavy atom. The first-order valence-electron chi connectivity index (χ1n) is 6.50. The monoisotopic (exact) mass is 271 g/mol. The normalized spacial score (nSPS) is 19.7. The van der Waals surface area contributed by atoms with Gasteiger partial charge in [-0.15, -0.1) is 0 Å². The highest BCUT2D eigenvalue weighted by atomic mass is 16.4. The van der Waals surface area contributed by atoms with Crippen molar-refractivity contribution < 1.29 is 19.5 Å². The molecule has 7 heteroatoms. The Kier molecular flexibility index (Phi) is 6.27. The summed E-state index contributed by atoms with van der Waals surface area (Å²) in [6, 6.07) is 0.132. The molecule has 1 atom stereocenters. The van der Waals surface area contributed by atoms with Gasteiger partial charge in [-0.05, 0) is 25.8 Å². The minimum atomic E-state index is -0.812. The highest BCUT2D eigenvalue weighted by Gasteiger charge is 2.24. The average molecular weight is 271 g/mol. The van der Waals surface area contributed by atoms with Crippen molar-refractivity contribution in [2.24, 2.45) is 0 Å². The molecule has 1 saturated heterocycles. The van der Waals surface area contributed by atoms with Gasteiger partial charge in [0.25, 0.3) is 5.91 Å². The van der Waals surface area contributed by atoms with Gasteiger partial charge in [0.1, 0.15) is 0 Å². The zero-order chi connectivity index (χ0) is 14.3. The van der Waals surface area contributed by atoms with Gasteiger partial charge in [0.15, 0.2) is 0 Å². The summed E-state index contributed by atoms with van der Waals surface area (Å²) in [5.41, 5.74) is 4.56. The fourth-order valence-electron chi connectivity index (χ4n) is 2.27. The number of carbonyl (C=O) groups is 3. The van der Waals surface area contributed by atoms with Crippen molar-refractivity contribution in [1.29, 1.82) is 0 Å². The van der Waals surface area contributed by atoms with E-state index in [-0.39, 0.29) is 30.8 Å². The second kappa shape index (κ2) is 7.73. The molecule has 0 saturated carbocycles. The predicted molar refractivity (Wildman–Crippen MR) is 68.0 cm³/mol. The molecule has 0 spiro atoms. The number of nitrogens with one attached hydrogen (secondary N) is 2. The maximum atomic E-state index is 11.6. The van der Waals surface area contributed by atoms with Crippen LogP contribution in [0.4, 0.5) is 0 Å². The predicted octanol–water partition coefficient (Wildman–Crippen LogP) is -0.127. The number of rotatable bonds is 5. The molecule has 1 aliphatic heterocycles. The lowest BCUT2D eigenvalue weighted by molar-refractivity contribution is -0.137. The van der Waals surface area contributed by atoms with Gasteiger partial charge in [0.05, 0.1) is 6.54 Å². The molecule has 0 bridgehead atoms. The maximum Gasteiger partial charge on any atom is 0.303 e.